The Balaban J connectivity index is 1.57. The fourth-order valence-electron chi connectivity index (χ4n) is 2.47. The number of amides is 2. The highest BCUT2D eigenvalue weighted by atomic mass is 32.1. The van der Waals surface area contributed by atoms with Gasteiger partial charge in [-0.25, -0.2) is 14.8 Å². The summed E-state index contributed by atoms with van der Waals surface area (Å²) in [5.74, 6) is 0.596. The first kappa shape index (κ1) is 18.8. The topological polar surface area (TPSA) is 74.5 Å². The molecule has 1 aliphatic rings. The predicted molar refractivity (Wildman–Crippen MR) is 109 cm³/mol. The van der Waals surface area contributed by atoms with Crippen molar-refractivity contribution in [3.05, 3.63) is 23.2 Å². The summed E-state index contributed by atoms with van der Waals surface area (Å²) in [5, 5.41) is 4.47. The van der Waals surface area contributed by atoms with E-state index in [0.717, 1.165) is 36.4 Å². The Hall–Kier alpha value is -1.97. The molecule has 0 atom stereocenters. The number of anilines is 1. The minimum absolute atomic E-state index is 0.0875. The van der Waals surface area contributed by atoms with E-state index >= 15 is 0 Å². The molecule has 0 bridgehead atoms. The van der Waals surface area contributed by atoms with Crippen LogP contribution in [-0.2, 0) is 0 Å². The standard InChI is InChI=1S/C17H25N5O2SSi/c1-21-7-9-22(10-8-21)17(23)20-16-19-11-13(25-16)5-6-14-18-12-15(24-14)26(2,3)4/h5-6,11-12H,7-10H2,1-4H3,(H,19,20,23)/b6-5+. The zero-order valence-electron chi connectivity index (χ0n) is 15.7. The third-order valence-electron chi connectivity index (χ3n) is 4.18. The summed E-state index contributed by atoms with van der Waals surface area (Å²) in [6.07, 6.45) is 7.30. The number of nitrogens with one attached hydrogen (secondary N) is 1. The molecule has 9 heteroatoms. The Morgan fingerprint density at radius 1 is 1.19 bits per heavy atom. The lowest BCUT2D eigenvalue weighted by atomic mass is 10.3. The van der Waals surface area contributed by atoms with E-state index in [4.69, 9.17) is 4.42 Å². The zero-order valence-corrected chi connectivity index (χ0v) is 17.5. The molecule has 0 saturated carbocycles. The van der Waals surface area contributed by atoms with E-state index in [1.165, 1.54) is 11.3 Å². The molecular weight excluding hydrogens is 366 g/mol. The number of likely N-dealkylation sites (N-methyl/N-ethyl adjacent to an activating group) is 1. The molecule has 3 rings (SSSR count). The number of piperazine rings is 1. The van der Waals surface area contributed by atoms with Crippen LogP contribution in [-0.4, -0.2) is 67.1 Å². The van der Waals surface area contributed by atoms with E-state index in [1.54, 1.807) is 6.20 Å². The summed E-state index contributed by atoms with van der Waals surface area (Å²) in [7, 11) is 0.581. The van der Waals surface area contributed by atoms with Gasteiger partial charge in [-0.2, -0.15) is 0 Å². The van der Waals surface area contributed by atoms with E-state index in [-0.39, 0.29) is 6.03 Å². The number of thiazole rings is 1. The molecule has 1 fully saturated rings. The van der Waals surface area contributed by atoms with E-state index in [2.05, 4.69) is 46.9 Å². The average Bonchev–Trinajstić information content (AvgIpc) is 3.22. The van der Waals surface area contributed by atoms with Crippen LogP contribution in [0, 0.1) is 0 Å². The molecule has 1 saturated heterocycles. The largest absolute Gasteiger partial charge is 0.447 e. The molecule has 7 nitrogen and oxygen atoms in total. The van der Waals surface area contributed by atoms with Gasteiger partial charge in [0.2, 0.25) is 5.89 Å². The van der Waals surface area contributed by atoms with Gasteiger partial charge in [0.15, 0.2) is 5.13 Å². The number of rotatable bonds is 4. The Labute approximate surface area is 158 Å². The van der Waals surface area contributed by atoms with Gasteiger partial charge in [-0.3, -0.25) is 5.32 Å². The van der Waals surface area contributed by atoms with Crippen LogP contribution in [0.3, 0.4) is 0 Å². The van der Waals surface area contributed by atoms with Crippen LogP contribution in [0.25, 0.3) is 12.2 Å². The number of carbonyl (C=O) groups excluding carboxylic acids is 1. The number of aromatic nitrogens is 2. The van der Waals surface area contributed by atoms with Crippen molar-refractivity contribution in [2.24, 2.45) is 0 Å². The van der Waals surface area contributed by atoms with Crippen molar-refractivity contribution >= 4 is 48.1 Å². The number of oxazole rings is 1. The number of urea groups is 1. The summed E-state index contributed by atoms with van der Waals surface area (Å²) in [6, 6.07) is -0.0875. The molecule has 0 aromatic carbocycles. The van der Waals surface area contributed by atoms with Crippen LogP contribution in [0.5, 0.6) is 0 Å². The van der Waals surface area contributed by atoms with Crippen molar-refractivity contribution < 1.29 is 9.21 Å². The maximum atomic E-state index is 12.3. The van der Waals surface area contributed by atoms with Crippen molar-refractivity contribution in [2.45, 2.75) is 19.6 Å². The normalized spacial score (nSPS) is 16.4. The molecule has 0 spiro atoms. The Bertz CT molecular complexity index is 787. The van der Waals surface area contributed by atoms with Crippen molar-refractivity contribution in [1.82, 2.24) is 19.8 Å². The quantitative estimate of drug-likeness (QED) is 0.811. The van der Waals surface area contributed by atoms with Crippen LogP contribution >= 0.6 is 11.3 Å². The molecular formula is C17H25N5O2SSi. The minimum atomic E-state index is -1.48. The molecule has 2 aromatic heterocycles. The van der Waals surface area contributed by atoms with Crippen LogP contribution in [0.15, 0.2) is 16.8 Å². The van der Waals surface area contributed by atoms with E-state index in [9.17, 15) is 4.79 Å². The molecule has 1 N–H and O–H groups in total. The fraction of sp³-hybridized carbons (Fsp3) is 0.471. The van der Waals surface area contributed by atoms with E-state index in [1.807, 2.05) is 23.2 Å². The molecule has 140 valence electrons. The molecule has 1 aliphatic heterocycles. The Kier molecular flexibility index (Phi) is 5.59. The van der Waals surface area contributed by atoms with Gasteiger partial charge in [0.1, 0.15) is 13.5 Å². The van der Waals surface area contributed by atoms with Crippen molar-refractivity contribution in [3.8, 4) is 0 Å². The smallest absolute Gasteiger partial charge is 0.323 e. The van der Waals surface area contributed by atoms with E-state index in [0.29, 0.717) is 11.0 Å². The first-order chi connectivity index (χ1) is 12.3. The van der Waals surface area contributed by atoms with Gasteiger partial charge in [0.05, 0.1) is 6.20 Å². The average molecular weight is 392 g/mol. The van der Waals surface area contributed by atoms with Crippen molar-refractivity contribution in [1.29, 1.82) is 0 Å². The van der Waals surface area contributed by atoms with E-state index < -0.39 is 8.07 Å². The maximum Gasteiger partial charge on any atom is 0.323 e. The number of hydrogen-bond acceptors (Lipinski definition) is 6. The zero-order chi connectivity index (χ0) is 18.7. The minimum Gasteiger partial charge on any atom is -0.447 e. The Morgan fingerprint density at radius 2 is 1.92 bits per heavy atom. The summed E-state index contributed by atoms with van der Waals surface area (Å²) in [5.41, 5.74) is 0. The van der Waals surface area contributed by atoms with Gasteiger partial charge in [0.25, 0.3) is 0 Å². The fourth-order valence-corrected chi connectivity index (χ4v) is 4.04. The maximum absolute atomic E-state index is 12.3. The van der Waals surface area contributed by atoms with Crippen LogP contribution < -0.4 is 10.7 Å². The van der Waals surface area contributed by atoms with Gasteiger partial charge < -0.3 is 14.2 Å². The second-order valence-corrected chi connectivity index (χ2v) is 13.5. The number of carbonyl (C=O) groups is 1. The van der Waals surface area contributed by atoms with Crippen molar-refractivity contribution in [2.75, 3.05) is 38.5 Å². The highest BCUT2D eigenvalue weighted by molar-refractivity contribution is 7.16. The SMILES string of the molecule is CN1CCN(C(=O)Nc2ncc(/C=C/c3ncc([Si](C)(C)C)o3)s2)CC1. The molecule has 0 radical (unpaired) electrons. The molecule has 3 heterocycles. The van der Waals surface area contributed by atoms with Gasteiger partial charge in [-0.15, -0.1) is 0 Å². The second kappa shape index (κ2) is 7.73. The molecule has 2 aromatic rings. The monoisotopic (exact) mass is 391 g/mol. The third-order valence-corrected chi connectivity index (χ3v) is 6.77. The van der Waals surface area contributed by atoms with Gasteiger partial charge >= 0.3 is 6.03 Å². The predicted octanol–water partition coefficient (Wildman–Crippen LogP) is 2.63. The summed E-state index contributed by atoms with van der Waals surface area (Å²) >= 11 is 1.43. The second-order valence-electron chi connectivity index (χ2n) is 7.43. The molecule has 26 heavy (non-hydrogen) atoms. The van der Waals surface area contributed by atoms with Crippen LogP contribution in [0.1, 0.15) is 10.8 Å². The highest BCUT2D eigenvalue weighted by Gasteiger charge is 2.21. The Morgan fingerprint density at radius 3 is 2.58 bits per heavy atom. The molecule has 0 aliphatic carbocycles. The summed E-state index contributed by atoms with van der Waals surface area (Å²) < 4.78 is 5.80. The highest BCUT2D eigenvalue weighted by Crippen LogP contribution is 2.21. The first-order valence-corrected chi connectivity index (χ1v) is 13.0. The first-order valence-electron chi connectivity index (χ1n) is 8.66. The van der Waals surface area contributed by atoms with Crippen LogP contribution in [0.4, 0.5) is 9.93 Å². The lowest BCUT2D eigenvalue weighted by Gasteiger charge is -2.32. The van der Waals surface area contributed by atoms with Gasteiger partial charge in [0, 0.05) is 43.3 Å². The number of nitrogens with zero attached hydrogens (tertiary/aromatic N) is 4. The summed E-state index contributed by atoms with van der Waals surface area (Å²) in [6.45, 7) is 9.94. The van der Waals surface area contributed by atoms with Gasteiger partial charge in [-0.1, -0.05) is 31.0 Å². The summed E-state index contributed by atoms with van der Waals surface area (Å²) in [4.78, 5) is 25.8. The lowest BCUT2D eigenvalue weighted by molar-refractivity contribution is 0.164. The molecule has 0 unspecified atom stereocenters. The van der Waals surface area contributed by atoms with Crippen LogP contribution in [0.2, 0.25) is 19.6 Å². The molecule has 2 amide bonds. The van der Waals surface area contributed by atoms with Crippen molar-refractivity contribution in [3.63, 3.8) is 0 Å². The third kappa shape index (κ3) is 4.80. The number of hydrogen-bond donors (Lipinski definition) is 1. The lowest BCUT2D eigenvalue weighted by Crippen LogP contribution is -2.48. The van der Waals surface area contributed by atoms with Gasteiger partial charge in [-0.05, 0) is 13.1 Å².